The van der Waals surface area contributed by atoms with Crippen LogP contribution < -0.4 is 10.6 Å². The smallest absolute Gasteiger partial charge is 0.317 e. The largest absolute Gasteiger partial charge is 0.481 e. The molecule has 1 heterocycles. The van der Waals surface area contributed by atoms with E-state index in [9.17, 15) is 9.59 Å². The van der Waals surface area contributed by atoms with E-state index in [1.54, 1.807) is 11.8 Å². The van der Waals surface area contributed by atoms with Crippen LogP contribution in [0.5, 0.6) is 0 Å². The number of carboxylic acid groups (broad SMARTS) is 1. The van der Waals surface area contributed by atoms with Crippen molar-refractivity contribution in [2.75, 3.05) is 32.7 Å². The number of amides is 2. The summed E-state index contributed by atoms with van der Waals surface area (Å²) in [6.07, 6.45) is 1.42. The van der Waals surface area contributed by atoms with Gasteiger partial charge < -0.3 is 20.6 Å². The van der Waals surface area contributed by atoms with Crippen molar-refractivity contribution in [1.82, 2.24) is 15.5 Å². The third-order valence-electron chi connectivity index (χ3n) is 2.90. The van der Waals surface area contributed by atoms with E-state index in [1.807, 2.05) is 0 Å². The second-order valence-electron chi connectivity index (χ2n) is 4.35. The Balaban J connectivity index is 2.21. The molecule has 1 atom stereocenters. The minimum absolute atomic E-state index is 0.0914. The minimum atomic E-state index is -0.821. The predicted octanol–water partition coefficient (Wildman–Crippen LogP) is 0.102. The zero-order valence-corrected chi connectivity index (χ0v) is 10.2. The van der Waals surface area contributed by atoms with Gasteiger partial charge in [-0.25, -0.2) is 4.79 Å². The number of carbonyl (C=O) groups excluding carboxylic acids is 1. The third-order valence-corrected chi connectivity index (χ3v) is 2.90. The summed E-state index contributed by atoms with van der Waals surface area (Å²) in [4.78, 5) is 24.1. The predicted molar refractivity (Wildman–Crippen MR) is 63.9 cm³/mol. The zero-order valence-electron chi connectivity index (χ0n) is 10.2. The summed E-state index contributed by atoms with van der Waals surface area (Å²) >= 11 is 0. The van der Waals surface area contributed by atoms with Crippen LogP contribution in [-0.2, 0) is 4.79 Å². The Hall–Kier alpha value is -1.30. The number of hydrogen-bond donors (Lipinski definition) is 3. The van der Waals surface area contributed by atoms with E-state index >= 15 is 0 Å². The molecule has 1 aliphatic heterocycles. The van der Waals surface area contributed by atoms with Gasteiger partial charge in [0.15, 0.2) is 0 Å². The molecule has 1 unspecified atom stereocenters. The summed E-state index contributed by atoms with van der Waals surface area (Å²) in [6, 6.07) is -0.0914. The fourth-order valence-electron chi connectivity index (χ4n) is 1.68. The molecule has 0 bridgehead atoms. The fraction of sp³-hybridized carbons (Fsp3) is 0.818. The van der Waals surface area contributed by atoms with Gasteiger partial charge in [-0.15, -0.1) is 0 Å². The molecule has 6 nitrogen and oxygen atoms in total. The van der Waals surface area contributed by atoms with Crippen LogP contribution in [0.3, 0.4) is 0 Å². The summed E-state index contributed by atoms with van der Waals surface area (Å²) in [6.45, 7) is 5.28. The second kappa shape index (κ2) is 7.11. The molecule has 0 aromatic heterocycles. The number of hydrogen-bond acceptors (Lipinski definition) is 3. The SMILES string of the molecule is CC(CCNC(=O)N1CCCNCC1)C(=O)O. The van der Waals surface area contributed by atoms with E-state index < -0.39 is 11.9 Å². The van der Waals surface area contributed by atoms with Crippen LogP contribution in [0.4, 0.5) is 4.79 Å². The number of rotatable bonds is 4. The van der Waals surface area contributed by atoms with Crippen LogP contribution in [-0.4, -0.2) is 54.7 Å². The van der Waals surface area contributed by atoms with Crippen LogP contribution >= 0.6 is 0 Å². The van der Waals surface area contributed by atoms with Gasteiger partial charge in [0.25, 0.3) is 0 Å². The molecule has 1 rings (SSSR count). The van der Waals surface area contributed by atoms with E-state index in [1.165, 1.54) is 0 Å². The van der Waals surface area contributed by atoms with Crippen LogP contribution in [0.2, 0.25) is 0 Å². The summed E-state index contributed by atoms with van der Waals surface area (Å²) < 4.78 is 0. The number of urea groups is 1. The first-order chi connectivity index (χ1) is 8.11. The standard InChI is InChI=1S/C11H21N3O3/c1-9(10(15)16)3-5-13-11(17)14-7-2-4-12-6-8-14/h9,12H,2-8H2,1H3,(H,13,17)(H,15,16). The van der Waals surface area contributed by atoms with Gasteiger partial charge in [-0.05, 0) is 19.4 Å². The van der Waals surface area contributed by atoms with Gasteiger partial charge in [0.1, 0.15) is 0 Å². The lowest BCUT2D eigenvalue weighted by atomic mass is 10.1. The molecular formula is C11H21N3O3. The van der Waals surface area contributed by atoms with Crippen molar-refractivity contribution >= 4 is 12.0 Å². The molecule has 2 amide bonds. The lowest BCUT2D eigenvalue weighted by Gasteiger charge is -2.20. The van der Waals surface area contributed by atoms with Gasteiger partial charge in [0.2, 0.25) is 0 Å². The monoisotopic (exact) mass is 243 g/mol. The van der Waals surface area contributed by atoms with E-state index in [0.717, 1.165) is 26.1 Å². The van der Waals surface area contributed by atoms with E-state index in [-0.39, 0.29) is 6.03 Å². The van der Waals surface area contributed by atoms with E-state index in [2.05, 4.69) is 10.6 Å². The van der Waals surface area contributed by atoms with Crippen molar-refractivity contribution in [2.45, 2.75) is 19.8 Å². The summed E-state index contributed by atoms with van der Waals surface area (Å²) in [5.74, 6) is -1.24. The van der Waals surface area contributed by atoms with Gasteiger partial charge in [-0.2, -0.15) is 0 Å². The average Bonchev–Trinajstić information content (AvgIpc) is 2.57. The molecular weight excluding hydrogens is 222 g/mol. The Kier molecular flexibility index (Phi) is 5.76. The Morgan fingerprint density at radius 3 is 2.88 bits per heavy atom. The first kappa shape index (κ1) is 13.8. The molecule has 6 heteroatoms. The topological polar surface area (TPSA) is 81.7 Å². The average molecular weight is 243 g/mol. The highest BCUT2D eigenvalue weighted by atomic mass is 16.4. The van der Waals surface area contributed by atoms with Crippen molar-refractivity contribution in [2.24, 2.45) is 5.92 Å². The van der Waals surface area contributed by atoms with Crippen molar-refractivity contribution in [1.29, 1.82) is 0 Å². The van der Waals surface area contributed by atoms with Crippen molar-refractivity contribution in [3.63, 3.8) is 0 Å². The van der Waals surface area contributed by atoms with Crippen molar-refractivity contribution < 1.29 is 14.7 Å². The van der Waals surface area contributed by atoms with E-state index in [0.29, 0.717) is 19.5 Å². The highest BCUT2D eigenvalue weighted by Crippen LogP contribution is 2.01. The molecule has 17 heavy (non-hydrogen) atoms. The van der Waals surface area contributed by atoms with Gasteiger partial charge >= 0.3 is 12.0 Å². The quantitative estimate of drug-likeness (QED) is 0.654. The molecule has 0 aromatic carbocycles. The Morgan fingerprint density at radius 1 is 1.41 bits per heavy atom. The van der Waals surface area contributed by atoms with Gasteiger partial charge in [-0.3, -0.25) is 4.79 Å². The maximum absolute atomic E-state index is 11.7. The van der Waals surface area contributed by atoms with Gasteiger partial charge in [0.05, 0.1) is 5.92 Å². The summed E-state index contributed by atoms with van der Waals surface area (Å²) in [7, 11) is 0. The van der Waals surface area contributed by atoms with Crippen molar-refractivity contribution in [3.8, 4) is 0 Å². The lowest BCUT2D eigenvalue weighted by Crippen LogP contribution is -2.42. The summed E-state index contributed by atoms with van der Waals surface area (Å²) in [5.41, 5.74) is 0. The molecule has 0 spiro atoms. The van der Waals surface area contributed by atoms with Gasteiger partial charge in [0, 0.05) is 26.2 Å². The maximum atomic E-state index is 11.7. The number of carbonyl (C=O) groups is 2. The fourth-order valence-corrected chi connectivity index (χ4v) is 1.68. The molecule has 1 aliphatic rings. The van der Waals surface area contributed by atoms with Crippen molar-refractivity contribution in [3.05, 3.63) is 0 Å². The highest BCUT2D eigenvalue weighted by Gasteiger charge is 2.15. The molecule has 0 saturated carbocycles. The number of carboxylic acids is 1. The molecule has 98 valence electrons. The first-order valence-corrected chi connectivity index (χ1v) is 6.07. The molecule has 0 radical (unpaired) electrons. The number of aliphatic carboxylic acids is 1. The second-order valence-corrected chi connectivity index (χ2v) is 4.35. The lowest BCUT2D eigenvalue weighted by molar-refractivity contribution is -0.141. The van der Waals surface area contributed by atoms with Crippen LogP contribution in [0.1, 0.15) is 19.8 Å². The third kappa shape index (κ3) is 5.04. The van der Waals surface area contributed by atoms with E-state index in [4.69, 9.17) is 5.11 Å². The highest BCUT2D eigenvalue weighted by molar-refractivity contribution is 5.74. The molecule has 3 N–H and O–H groups in total. The number of nitrogens with one attached hydrogen (secondary N) is 2. The van der Waals surface area contributed by atoms with Crippen LogP contribution in [0, 0.1) is 5.92 Å². The first-order valence-electron chi connectivity index (χ1n) is 6.07. The molecule has 1 fully saturated rings. The number of nitrogens with zero attached hydrogens (tertiary/aromatic N) is 1. The van der Waals surface area contributed by atoms with Gasteiger partial charge in [-0.1, -0.05) is 6.92 Å². The molecule has 0 aliphatic carbocycles. The molecule has 0 aromatic rings. The maximum Gasteiger partial charge on any atom is 0.317 e. The Bertz CT molecular complexity index is 263. The zero-order chi connectivity index (χ0) is 12.7. The molecule has 1 saturated heterocycles. The Labute approximate surface area is 101 Å². The minimum Gasteiger partial charge on any atom is -0.481 e. The Morgan fingerprint density at radius 2 is 2.18 bits per heavy atom. The van der Waals surface area contributed by atoms with Crippen LogP contribution in [0.15, 0.2) is 0 Å². The normalized spacial score (nSPS) is 18.3. The summed E-state index contributed by atoms with van der Waals surface area (Å²) in [5, 5.41) is 14.7. The van der Waals surface area contributed by atoms with Crippen LogP contribution in [0.25, 0.3) is 0 Å².